The van der Waals surface area contributed by atoms with Crippen LogP contribution in [0, 0.1) is 11.7 Å². The molecule has 104 valence electrons. The third kappa shape index (κ3) is 3.04. The Labute approximate surface area is 112 Å². The summed E-state index contributed by atoms with van der Waals surface area (Å²) < 4.78 is 13.9. The van der Waals surface area contributed by atoms with Crippen LogP contribution in [-0.2, 0) is 11.4 Å². The van der Waals surface area contributed by atoms with Crippen LogP contribution in [0.4, 0.5) is 10.1 Å². The number of amides is 1. The van der Waals surface area contributed by atoms with Crippen LogP contribution in [-0.4, -0.2) is 31.2 Å². The zero-order chi connectivity index (χ0) is 13.8. The van der Waals surface area contributed by atoms with E-state index in [2.05, 4.69) is 5.32 Å². The topological polar surface area (TPSA) is 52.6 Å². The SMILES string of the molecule is CNC(=O)C1CCN(c2ccc(CO)cc2F)CC1. The van der Waals surface area contributed by atoms with Gasteiger partial charge in [-0.1, -0.05) is 6.07 Å². The third-order valence-electron chi connectivity index (χ3n) is 3.65. The van der Waals surface area contributed by atoms with Gasteiger partial charge in [-0.15, -0.1) is 0 Å². The average Bonchev–Trinajstić information content (AvgIpc) is 2.46. The van der Waals surface area contributed by atoms with Crippen LogP contribution in [0.2, 0.25) is 0 Å². The highest BCUT2D eigenvalue weighted by molar-refractivity contribution is 5.78. The van der Waals surface area contributed by atoms with E-state index in [1.54, 1.807) is 19.2 Å². The van der Waals surface area contributed by atoms with Gasteiger partial charge in [0.2, 0.25) is 5.91 Å². The van der Waals surface area contributed by atoms with Crippen molar-refractivity contribution in [1.82, 2.24) is 5.32 Å². The van der Waals surface area contributed by atoms with Crippen LogP contribution in [0.1, 0.15) is 18.4 Å². The molecule has 1 aromatic carbocycles. The van der Waals surface area contributed by atoms with E-state index in [0.29, 0.717) is 24.3 Å². The zero-order valence-electron chi connectivity index (χ0n) is 11.0. The van der Waals surface area contributed by atoms with E-state index in [-0.39, 0.29) is 24.2 Å². The van der Waals surface area contributed by atoms with E-state index in [9.17, 15) is 9.18 Å². The van der Waals surface area contributed by atoms with Gasteiger partial charge in [0.15, 0.2) is 0 Å². The second-order valence-corrected chi connectivity index (χ2v) is 4.82. The molecule has 0 atom stereocenters. The number of rotatable bonds is 3. The van der Waals surface area contributed by atoms with E-state index in [4.69, 9.17) is 5.11 Å². The molecular weight excluding hydrogens is 247 g/mol. The molecule has 1 aliphatic heterocycles. The first kappa shape index (κ1) is 13.8. The third-order valence-corrected chi connectivity index (χ3v) is 3.65. The normalized spacial score (nSPS) is 16.5. The highest BCUT2D eigenvalue weighted by Gasteiger charge is 2.25. The fourth-order valence-corrected chi connectivity index (χ4v) is 2.49. The van der Waals surface area contributed by atoms with Gasteiger partial charge in [-0.25, -0.2) is 4.39 Å². The lowest BCUT2D eigenvalue weighted by Crippen LogP contribution is -2.39. The van der Waals surface area contributed by atoms with Gasteiger partial charge in [-0.2, -0.15) is 0 Å². The standard InChI is InChI=1S/C14H19FN2O2/c1-16-14(19)11-4-6-17(7-5-11)13-3-2-10(9-18)8-12(13)15/h2-3,8,11,18H,4-7,9H2,1H3,(H,16,19). The number of hydrogen-bond acceptors (Lipinski definition) is 3. The Bertz CT molecular complexity index is 457. The first-order chi connectivity index (χ1) is 9.15. The summed E-state index contributed by atoms with van der Waals surface area (Å²) in [6.45, 7) is 1.19. The highest BCUT2D eigenvalue weighted by atomic mass is 19.1. The molecule has 0 bridgehead atoms. The number of piperidine rings is 1. The van der Waals surface area contributed by atoms with Gasteiger partial charge in [-0.05, 0) is 30.5 Å². The summed E-state index contributed by atoms with van der Waals surface area (Å²) in [4.78, 5) is 13.5. The maximum Gasteiger partial charge on any atom is 0.222 e. The minimum atomic E-state index is -0.315. The molecule has 0 aliphatic carbocycles. The molecule has 2 rings (SSSR count). The Kier molecular flexibility index (Phi) is 4.37. The van der Waals surface area contributed by atoms with E-state index in [1.807, 2.05) is 4.90 Å². The number of hydrogen-bond donors (Lipinski definition) is 2. The summed E-state index contributed by atoms with van der Waals surface area (Å²) in [6.07, 6.45) is 1.47. The second kappa shape index (κ2) is 6.02. The highest BCUT2D eigenvalue weighted by Crippen LogP contribution is 2.26. The molecule has 1 heterocycles. The van der Waals surface area contributed by atoms with Crippen LogP contribution in [0.25, 0.3) is 0 Å². The Balaban J connectivity index is 2.03. The molecule has 1 amide bonds. The number of aliphatic hydroxyl groups is 1. The van der Waals surface area contributed by atoms with Crippen molar-refractivity contribution in [3.63, 3.8) is 0 Å². The molecule has 0 saturated carbocycles. The fourth-order valence-electron chi connectivity index (χ4n) is 2.49. The van der Waals surface area contributed by atoms with Crippen molar-refractivity contribution in [2.24, 2.45) is 5.92 Å². The minimum Gasteiger partial charge on any atom is -0.392 e. The summed E-state index contributed by atoms with van der Waals surface area (Å²) in [5.74, 6) is -0.221. The van der Waals surface area contributed by atoms with Crippen molar-refractivity contribution >= 4 is 11.6 Å². The average molecular weight is 266 g/mol. The van der Waals surface area contributed by atoms with E-state index >= 15 is 0 Å². The molecule has 1 aliphatic rings. The lowest BCUT2D eigenvalue weighted by molar-refractivity contribution is -0.125. The summed E-state index contributed by atoms with van der Waals surface area (Å²) in [5, 5.41) is 11.6. The van der Waals surface area contributed by atoms with Gasteiger partial charge in [0.25, 0.3) is 0 Å². The van der Waals surface area contributed by atoms with E-state index in [0.717, 1.165) is 12.8 Å². The van der Waals surface area contributed by atoms with Gasteiger partial charge >= 0.3 is 0 Å². The lowest BCUT2D eigenvalue weighted by Gasteiger charge is -2.33. The molecule has 0 aromatic heterocycles. The minimum absolute atomic E-state index is 0.0287. The molecule has 2 N–H and O–H groups in total. The number of carbonyl (C=O) groups excluding carboxylic acids is 1. The molecule has 0 unspecified atom stereocenters. The molecular formula is C14H19FN2O2. The number of nitrogens with one attached hydrogen (secondary N) is 1. The van der Waals surface area contributed by atoms with E-state index < -0.39 is 0 Å². The van der Waals surface area contributed by atoms with Crippen molar-refractivity contribution in [2.75, 3.05) is 25.0 Å². The molecule has 0 spiro atoms. The predicted octanol–water partition coefficient (Wildman–Crippen LogP) is 1.28. The van der Waals surface area contributed by atoms with Crippen molar-refractivity contribution in [3.05, 3.63) is 29.6 Å². The Morgan fingerprint density at radius 1 is 1.47 bits per heavy atom. The second-order valence-electron chi connectivity index (χ2n) is 4.82. The molecule has 5 heteroatoms. The summed E-state index contributed by atoms with van der Waals surface area (Å²) >= 11 is 0. The number of carbonyl (C=O) groups is 1. The number of nitrogens with zero attached hydrogens (tertiary/aromatic N) is 1. The quantitative estimate of drug-likeness (QED) is 0.866. The smallest absolute Gasteiger partial charge is 0.222 e. The van der Waals surface area contributed by atoms with Crippen molar-refractivity contribution < 1.29 is 14.3 Å². The first-order valence-electron chi connectivity index (χ1n) is 6.51. The van der Waals surface area contributed by atoms with Crippen LogP contribution < -0.4 is 10.2 Å². The number of benzene rings is 1. The Morgan fingerprint density at radius 3 is 2.68 bits per heavy atom. The maximum absolute atomic E-state index is 13.9. The lowest BCUT2D eigenvalue weighted by atomic mass is 9.95. The van der Waals surface area contributed by atoms with Gasteiger partial charge < -0.3 is 15.3 Å². The summed E-state index contributed by atoms with van der Waals surface area (Å²) in [6, 6.07) is 4.78. The number of aliphatic hydroxyl groups excluding tert-OH is 1. The Morgan fingerprint density at radius 2 is 2.16 bits per heavy atom. The monoisotopic (exact) mass is 266 g/mol. The molecule has 0 radical (unpaired) electrons. The number of anilines is 1. The Hall–Kier alpha value is -1.62. The zero-order valence-corrected chi connectivity index (χ0v) is 11.0. The summed E-state index contributed by atoms with van der Waals surface area (Å²) in [7, 11) is 1.64. The fraction of sp³-hybridized carbons (Fsp3) is 0.500. The molecule has 19 heavy (non-hydrogen) atoms. The summed E-state index contributed by atoms with van der Waals surface area (Å²) in [5.41, 5.74) is 1.12. The maximum atomic E-state index is 13.9. The van der Waals surface area contributed by atoms with Gasteiger partial charge in [0.05, 0.1) is 12.3 Å². The van der Waals surface area contributed by atoms with Crippen LogP contribution in [0.15, 0.2) is 18.2 Å². The van der Waals surface area contributed by atoms with Crippen molar-refractivity contribution in [2.45, 2.75) is 19.4 Å². The van der Waals surface area contributed by atoms with Gasteiger partial charge in [0, 0.05) is 26.1 Å². The van der Waals surface area contributed by atoms with Crippen molar-refractivity contribution in [1.29, 1.82) is 0 Å². The predicted molar refractivity (Wildman–Crippen MR) is 71.3 cm³/mol. The van der Waals surface area contributed by atoms with Crippen molar-refractivity contribution in [3.8, 4) is 0 Å². The van der Waals surface area contributed by atoms with E-state index in [1.165, 1.54) is 6.07 Å². The molecule has 1 saturated heterocycles. The van der Waals surface area contributed by atoms with Gasteiger partial charge in [-0.3, -0.25) is 4.79 Å². The van der Waals surface area contributed by atoms with Crippen LogP contribution in [0.3, 0.4) is 0 Å². The van der Waals surface area contributed by atoms with Crippen LogP contribution in [0.5, 0.6) is 0 Å². The largest absolute Gasteiger partial charge is 0.392 e. The molecule has 1 aromatic rings. The first-order valence-corrected chi connectivity index (χ1v) is 6.51. The van der Waals surface area contributed by atoms with Gasteiger partial charge in [0.1, 0.15) is 5.82 Å². The van der Waals surface area contributed by atoms with Crippen LogP contribution >= 0.6 is 0 Å². The molecule has 4 nitrogen and oxygen atoms in total. The molecule has 1 fully saturated rings. The number of halogens is 1.